The van der Waals surface area contributed by atoms with Gasteiger partial charge in [0.05, 0.1) is 7.11 Å². The minimum absolute atomic E-state index is 0.144. The van der Waals surface area contributed by atoms with Gasteiger partial charge in [0, 0.05) is 5.69 Å². The van der Waals surface area contributed by atoms with E-state index in [0.29, 0.717) is 5.92 Å². The fraction of sp³-hybridized carbons (Fsp3) is 0.533. The second kappa shape index (κ2) is 5.01. The Kier molecular flexibility index (Phi) is 3.60. The van der Waals surface area contributed by atoms with Gasteiger partial charge in [-0.05, 0) is 43.4 Å². The Labute approximate surface area is 109 Å². The standard InChI is InChI=1S/C15H21NO2/c1-11-6-4-8-13(10-11)16-15(14(17)18-3)9-5-7-12(15)2/h4,6,8,10,12,16H,5,7,9H2,1-3H3. The van der Waals surface area contributed by atoms with Crippen LogP contribution in [0, 0.1) is 12.8 Å². The molecule has 3 heteroatoms. The highest BCUT2D eigenvalue weighted by Gasteiger charge is 2.47. The van der Waals surface area contributed by atoms with Gasteiger partial charge in [-0.3, -0.25) is 0 Å². The molecular formula is C15H21NO2. The monoisotopic (exact) mass is 247 g/mol. The van der Waals surface area contributed by atoms with Crippen molar-refractivity contribution in [3.05, 3.63) is 29.8 Å². The van der Waals surface area contributed by atoms with Crippen LogP contribution >= 0.6 is 0 Å². The van der Waals surface area contributed by atoms with Gasteiger partial charge in [-0.25, -0.2) is 4.79 Å². The van der Waals surface area contributed by atoms with Crippen molar-refractivity contribution < 1.29 is 9.53 Å². The lowest BCUT2D eigenvalue weighted by atomic mass is 9.88. The summed E-state index contributed by atoms with van der Waals surface area (Å²) >= 11 is 0. The predicted molar refractivity (Wildman–Crippen MR) is 72.6 cm³/mol. The lowest BCUT2D eigenvalue weighted by molar-refractivity contribution is -0.147. The highest BCUT2D eigenvalue weighted by Crippen LogP contribution is 2.39. The molecule has 3 nitrogen and oxygen atoms in total. The highest BCUT2D eigenvalue weighted by molar-refractivity contribution is 5.85. The zero-order chi connectivity index (χ0) is 13.2. The van der Waals surface area contributed by atoms with Crippen molar-refractivity contribution in [2.75, 3.05) is 12.4 Å². The molecule has 1 N–H and O–H groups in total. The summed E-state index contributed by atoms with van der Waals surface area (Å²) in [5.41, 5.74) is 1.63. The van der Waals surface area contributed by atoms with E-state index in [9.17, 15) is 4.79 Å². The number of carbonyl (C=O) groups is 1. The Morgan fingerprint density at radius 3 is 2.83 bits per heavy atom. The largest absolute Gasteiger partial charge is 0.467 e. The van der Waals surface area contributed by atoms with E-state index in [1.54, 1.807) is 0 Å². The molecule has 0 saturated heterocycles. The van der Waals surface area contributed by atoms with Crippen LogP contribution in [-0.4, -0.2) is 18.6 Å². The molecule has 1 aliphatic rings. The first kappa shape index (κ1) is 12.9. The van der Waals surface area contributed by atoms with Gasteiger partial charge >= 0.3 is 5.97 Å². The summed E-state index contributed by atoms with van der Waals surface area (Å²) in [5, 5.41) is 3.42. The lowest BCUT2D eigenvalue weighted by Gasteiger charge is -2.33. The molecule has 98 valence electrons. The number of methoxy groups -OCH3 is 1. The third-order valence-electron chi connectivity index (χ3n) is 3.98. The summed E-state index contributed by atoms with van der Waals surface area (Å²) < 4.78 is 5.01. The molecule has 0 heterocycles. The van der Waals surface area contributed by atoms with Crippen LogP contribution in [0.4, 0.5) is 5.69 Å². The molecule has 0 amide bonds. The average Bonchev–Trinajstić information content (AvgIpc) is 2.71. The first-order valence-electron chi connectivity index (χ1n) is 6.52. The van der Waals surface area contributed by atoms with Gasteiger partial charge in [-0.1, -0.05) is 25.5 Å². The summed E-state index contributed by atoms with van der Waals surface area (Å²) in [6.45, 7) is 4.17. The number of nitrogens with one attached hydrogen (secondary N) is 1. The number of hydrogen-bond donors (Lipinski definition) is 1. The minimum atomic E-state index is -0.553. The van der Waals surface area contributed by atoms with Crippen LogP contribution in [0.2, 0.25) is 0 Å². The molecule has 1 fully saturated rings. The summed E-state index contributed by atoms with van der Waals surface area (Å²) in [7, 11) is 1.47. The van der Waals surface area contributed by atoms with Gasteiger partial charge in [0.25, 0.3) is 0 Å². The third-order valence-corrected chi connectivity index (χ3v) is 3.98. The number of benzene rings is 1. The Hall–Kier alpha value is -1.51. The Morgan fingerprint density at radius 2 is 2.28 bits per heavy atom. The fourth-order valence-corrected chi connectivity index (χ4v) is 2.88. The molecule has 2 atom stereocenters. The maximum atomic E-state index is 12.2. The smallest absolute Gasteiger partial charge is 0.331 e. The van der Waals surface area contributed by atoms with Crippen molar-refractivity contribution in [1.82, 2.24) is 0 Å². The van der Waals surface area contributed by atoms with E-state index >= 15 is 0 Å². The number of anilines is 1. The number of esters is 1. The van der Waals surface area contributed by atoms with Crippen molar-refractivity contribution >= 4 is 11.7 Å². The van der Waals surface area contributed by atoms with Crippen molar-refractivity contribution in [2.24, 2.45) is 5.92 Å². The van der Waals surface area contributed by atoms with Crippen LogP contribution in [0.25, 0.3) is 0 Å². The van der Waals surface area contributed by atoms with Crippen LogP contribution in [0.1, 0.15) is 31.7 Å². The topological polar surface area (TPSA) is 38.3 Å². The summed E-state index contributed by atoms with van der Waals surface area (Å²) in [5.74, 6) is 0.152. The van der Waals surface area contributed by atoms with E-state index < -0.39 is 5.54 Å². The second-order valence-corrected chi connectivity index (χ2v) is 5.25. The van der Waals surface area contributed by atoms with Gasteiger partial charge in [0.1, 0.15) is 5.54 Å². The summed E-state index contributed by atoms with van der Waals surface area (Å²) in [6.07, 6.45) is 2.97. The molecule has 0 aliphatic heterocycles. The fourth-order valence-electron chi connectivity index (χ4n) is 2.88. The molecule has 0 spiro atoms. The molecule has 18 heavy (non-hydrogen) atoms. The predicted octanol–water partition coefficient (Wildman–Crippen LogP) is 3.14. The van der Waals surface area contributed by atoms with Gasteiger partial charge in [-0.2, -0.15) is 0 Å². The van der Waals surface area contributed by atoms with Crippen molar-refractivity contribution in [3.8, 4) is 0 Å². The summed E-state index contributed by atoms with van der Waals surface area (Å²) in [6, 6.07) is 8.12. The maximum Gasteiger partial charge on any atom is 0.331 e. The Bertz CT molecular complexity index is 444. The van der Waals surface area contributed by atoms with E-state index in [0.717, 1.165) is 24.9 Å². The Balaban J connectivity index is 2.29. The number of carbonyl (C=O) groups excluding carboxylic acids is 1. The van der Waals surface area contributed by atoms with Crippen LogP contribution < -0.4 is 5.32 Å². The van der Waals surface area contributed by atoms with Gasteiger partial charge < -0.3 is 10.1 Å². The summed E-state index contributed by atoms with van der Waals surface area (Å²) in [4.78, 5) is 12.2. The average molecular weight is 247 g/mol. The van der Waals surface area contributed by atoms with Gasteiger partial charge in [0.15, 0.2) is 0 Å². The van der Waals surface area contributed by atoms with E-state index in [2.05, 4.69) is 18.3 Å². The van der Waals surface area contributed by atoms with E-state index in [1.165, 1.54) is 12.7 Å². The minimum Gasteiger partial charge on any atom is -0.467 e. The number of aryl methyl sites for hydroxylation is 1. The van der Waals surface area contributed by atoms with Crippen LogP contribution in [0.15, 0.2) is 24.3 Å². The van der Waals surface area contributed by atoms with Crippen LogP contribution in [0.5, 0.6) is 0 Å². The molecule has 0 bridgehead atoms. The Morgan fingerprint density at radius 1 is 1.50 bits per heavy atom. The van der Waals surface area contributed by atoms with Crippen LogP contribution in [-0.2, 0) is 9.53 Å². The highest BCUT2D eigenvalue weighted by atomic mass is 16.5. The first-order valence-corrected chi connectivity index (χ1v) is 6.52. The molecule has 2 unspecified atom stereocenters. The molecule has 0 radical (unpaired) electrons. The van der Waals surface area contributed by atoms with Crippen molar-refractivity contribution in [2.45, 2.75) is 38.6 Å². The maximum absolute atomic E-state index is 12.2. The van der Waals surface area contributed by atoms with Gasteiger partial charge in [0.2, 0.25) is 0 Å². The molecule has 1 saturated carbocycles. The SMILES string of the molecule is COC(=O)C1(Nc2cccc(C)c2)CCCC1C. The van der Waals surface area contributed by atoms with Crippen LogP contribution in [0.3, 0.4) is 0 Å². The van der Waals surface area contributed by atoms with E-state index in [4.69, 9.17) is 4.74 Å². The van der Waals surface area contributed by atoms with Crippen molar-refractivity contribution in [1.29, 1.82) is 0 Å². The molecule has 1 aliphatic carbocycles. The molecular weight excluding hydrogens is 226 g/mol. The second-order valence-electron chi connectivity index (χ2n) is 5.25. The number of hydrogen-bond acceptors (Lipinski definition) is 3. The molecule has 0 aromatic heterocycles. The number of ether oxygens (including phenoxy) is 1. The van der Waals surface area contributed by atoms with Crippen molar-refractivity contribution in [3.63, 3.8) is 0 Å². The normalized spacial score (nSPS) is 26.9. The molecule has 2 rings (SSSR count). The van der Waals surface area contributed by atoms with E-state index in [-0.39, 0.29) is 5.97 Å². The molecule has 1 aromatic carbocycles. The number of rotatable bonds is 3. The first-order chi connectivity index (χ1) is 8.58. The van der Waals surface area contributed by atoms with E-state index in [1.807, 2.05) is 25.1 Å². The molecule has 1 aromatic rings. The zero-order valence-corrected chi connectivity index (χ0v) is 11.3. The third kappa shape index (κ3) is 2.22. The van der Waals surface area contributed by atoms with Gasteiger partial charge in [-0.15, -0.1) is 0 Å². The zero-order valence-electron chi connectivity index (χ0n) is 11.3. The quantitative estimate of drug-likeness (QED) is 0.834. The lowest BCUT2D eigenvalue weighted by Crippen LogP contribution is -2.49.